The molecule has 0 bridgehead atoms. The summed E-state index contributed by atoms with van der Waals surface area (Å²) in [6.07, 6.45) is 2.70. The number of hydrogen-bond acceptors (Lipinski definition) is 5. The number of rotatable bonds is 4. The lowest BCUT2D eigenvalue weighted by Crippen LogP contribution is -2.30. The van der Waals surface area contributed by atoms with Crippen molar-refractivity contribution < 1.29 is 18.3 Å². The number of carboxylic acids is 1. The van der Waals surface area contributed by atoms with Gasteiger partial charge >= 0.3 is 5.97 Å². The highest BCUT2D eigenvalue weighted by atomic mass is 32.2. The van der Waals surface area contributed by atoms with Gasteiger partial charge in [0.25, 0.3) is 0 Å². The van der Waals surface area contributed by atoms with Crippen molar-refractivity contribution in [1.82, 2.24) is 4.72 Å². The van der Waals surface area contributed by atoms with Gasteiger partial charge in [-0.3, -0.25) is 0 Å². The first kappa shape index (κ1) is 14.7. The summed E-state index contributed by atoms with van der Waals surface area (Å²) < 4.78 is 27.4. The SMILES string of the molecule is O=C(O)c1cc(S(=O)(=O)NC2CCCc3sccc32)cs1. The van der Waals surface area contributed by atoms with Gasteiger partial charge in [-0.15, -0.1) is 22.7 Å². The summed E-state index contributed by atoms with van der Waals surface area (Å²) >= 11 is 2.57. The van der Waals surface area contributed by atoms with E-state index in [9.17, 15) is 13.2 Å². The van der Waals surface area contributed by atoms with Gasteiger partial charge in [-0.05, 0) is 42.3 Å². The molecule has 2 aromatic rings. The minimum atomic E-state index is -3.69. The van der Waals surface area contributed by atoms with Crippen LogP contribution in [0.5, 0.6) is 0 Å². The van der Waals surface area contributed by atoms with E-state index >= 15 is 0 Å². The highest BCUT2D eigenvalue weighted by Crippen LogP contribution is 2.34. The van der Waals surface area contributed by atoms with E-state index in [1.54, 1.807) is 11.3 Å². The third kappa shape index (κ3) is 2.89. The Hall–Kier alpha value is -1.22. The largest absolute Gasteiger partial charge is 0.477 e. The molecule has 0 aliphatic heterocycles. The van der Waals surface area contributed by atoms with Crippen LogP contribution in [0, 0.1) is 0 Å². The maximum atomic E-state index is 12.4. The summed E-state index contributed by atoms with van der Waals surface area (Å²) in [4.78, 5) is 12.1. The molecule has 0 spiro atoms. The Bertz CT molecular complexity index is 775. The monoisotopic (exact) mass is 343 g/mol. The van der Waals surface area contributed by atoms with Crippen LogP contribution in [0.25, 0.3) is 0 Å². The number of nitrogens with one attached hydrogen (secondary N) is 1. The predicted octanol–water partition coefficient (Wildman–Crippen LogP) is 2.86. The van der Waals surface area contributed by atoms with Crippen LogP contribution in [0.4, 0.5) is 0 Å². The number of aromatic carboxylic acids is 1. The van der Waals surface area contributed by atoms with Crippen molar-refractivity contribution in [2.75, 3.05) is 0 Å². The lowest BCUT2D eigenvalue weighted by Gasteiger charge is -2.23. The highest BCUT2D eigenvalue weighted by Gasteiger charge is 2.27. The molecule has 0 saturated carbocycles. The zero-order valence-electron chi connectivity index (χ0n) is 10.9. The third-order valence-corrected chi connectivity index (χ3v) is 6.96. The van der Waals surface area contributed by atoms with Crippen LogP contribution < -0.4 is 4.72 Å². The smallest absolute Gasteiger partial charge is 0.345 e. The van der Waals surface area contributed by atoms with Crippen LogP contribution >= 0.6 is 22.7 Å². The van der Waals surface area contributed by atoms with Crippen molar-refractivity contribution >= 4 is 38.7 Å². The van der Waals surface area contributed by atoms with Crippen LogP contribution in [-0.4, -0.2) is 19.5 Å². The van der Waals surface area contributed by atoms with E-state index in [1.165, 1.54) is 16.3 Å². The second-order valence-electron chi connectivity index (χ2n) is 4.82. The van der Waals surface area contributed by atoms with Crippen molar-refractivity contribution in [3.63, 3.8) is 0 Å². The van der Waals surface area contributed by atoms with Gasteiger partial charge in [-0.1, -0.05) is 0 Å². The molecular formula is C13H13NO4S3. The molecule has 5 nitrogen and oxygen atoms in total. The minimum absolute atomic E-state index is 0.0206. The summed E-state index contributed by atoms with van der Waals surface area (Å²) in [5, 5.41) is 12.2. The number of hydrogen-bond donors (Lipinski definition) is 2. The van der Waals surface area contributed by atoms with Crippen molar-refractivity contribution in [2.45, 2.75) is 30.2 Å². The molecule has 1 unspecified atom stereocenters. The summed E-state index contributed by atoms with van der Waals surface area (Å²) in [5.74, 6) is -1.11. The molecule has 2 N–H and O–H groups in total. The van der Waals surface area contributed by atoms with Crippen molar-refractivity contribution in [1.29, 1.82) is 0 Å². The first-order valence-electron chi connectivity index (χ1n) is 6.38. The maximum absolute atomic E-state index is 12.4. The molecule has 1 aliphatic rings. The molecule has 2 aromatic heterocycles. The van der Waals surface area contributed by atoms with Gasteiger partial charge in [0, 0.05) is 16.3 Å². The van der Waals surface area contributed by atoms with Crippen molar-refractivity contribution in [2.24, 2.45) is 0 Å². The second kappa shape index (κ2) is 5.53. The van der Waals surface area contributed by atoms with E-state index in [0.717, 1.165) is 36.2 Å². The van der Waals surface area contributed by atoms with Gasteiger partial charge in [-0.2, -0.15) is 0 Å². The molecule has 3 rings (SSSR count). The van der Waals surface area contributed by atoms with Gasteiger partial charge in [0.1, 0.15) is 4.88 Å². The highest BCUT2D eigenvalue weighted by molar-refractivity contribution is 7.89. The lowest BCUT2D eigenvalue weighted by molar-refractivity contribution is 0.0702. The van der Waals surface area contributed by atoms with E-state index in [1.807, 2.05) is 11.4 Å². The molecule has 0 saturated heterocycles. The van der Waals surface area contributed by atoms with E-state index < -0.39 is 16.0 Å². The molecule has 1 atom stereocenters. The standard InChI is InChI=1S/C13H13NO4S3/c15-13(16)12-6-8(7-20-12)21(17,18)14-10-2-1-3-11-9(10)4-5-19-11/h4-7,10,14H,1-3H2,(H,15,16). The molecule has 0 radical (unpaired) electrons. The average Bonchev–Trinajstić information content (AvgIpc) is 3.08. The molecule has 1 aliphatic carbocycles. The molecule has 8 heteroatoms. The van der Waals surface area contributed by atoms with E-state index in [-0.39, 0.29) is 15.8 Å². The fourth-order valence-electron chi connectivity index (χ4n) is 2.44. The predicted molar refractivity (Wildman–Crippen MR) is 81.6 cm³/mol. The van der Waals surface area contributed by atoms with Crippen molar-refractivity contribution in [3.8, 4) is 0 Å². The minimum Gasteiger partial charge on any atom is -0.477 e. The average molecular weight is 343 g/mol. The number of carbonyl (C=O) groups is 1. The van der Waals surface area contributed by atoms with Crippen LogP contribution in [0.1, 0.15) is 39.0 Å². The fourth-order valence-corrected chi connectivity index (χ4v) is 5.78. The zero-order valence-corrected chi connectivity index (χ0v) is 13.4. The Kier molecular flexibility index (Phi) is 3.87. The fraction of sp³-hybridized carbons (Fsp3) is 0.308. The summed E-state index contributed by atoms with van der Waals surface area (Å²) in [6, 6.07) is 2.94. The van der Waals surface area contributed by atoms with Gasteiger partial charge in [0.2, 0.25) is 10.0 Å². The van der Waals surface area contributed by atoms with Crippen molar-refractivity contribution in [3.05, 3.63) is 38.2 Å². The Morgan fingerprint density at radius 1 is 1.38 bits per heavy atom. The van der Waals surface area contributed by atoms with Gasteiger partial charge in [0.15, 0.2) is 0 Å². The summed E-state index contributed by atoms with van der Waals surface area (Å²) in [6.45, 7) is 0. The Balaban J connectivity index is 1.85. The Morgan fingerprint density at radius 3 is 2.90 bits per heavy atom. The first-order chi connectivity index (χ1) is 9.97. The number of fused-ring (bicyclic) bond motifs is 1. The van der Waals surface area contributed by atoms with Gasteiger partial charge in [-0.25, -0.2) is 17.9 Å². The number of carboxylic acid groups (broad SMARTS) is 1. The first-order valence-corrected chi connectivity index (χ1v) is 9.62. The summed E-state index contributed by atoms with van der Waals surface area (Å²) in [5.41, 5.74) is 1.04. The summed E-state index contributed by atoms with van der Waals surface area (Å²) in [7, 11) is -3.69. The molecular weight excluding hydrogens is 330 g/mol. The lowest BCUT2D eigenvalue weighted by atomic mass is 9.95. The van der Waals surface area contributed by atoms with Crippen LogP contribution in [0.2, 0.25) is 0 Å². The Labute approximate surface area is 130 Å². The van der Waals surface area contributed by atoms with E-state index in [4.69, 9.17) is 5.11 Å². The maximum Gasteiger partial charge on any atom is 0.345 e. The molecule has 112 valence electrons. The number of aryl methyl sites for hydroxylation is 1. The van der Waals surface area contributed by atoms with E-state index in [0.29, 0.717) is 0 Å². The quantitative estimate of drug-likeness (QED) is 0.894. The molecule has 2 heterocycles. The second-order valence-corrected chi connectivity index (χ2v) is 8.44. The number of thiophene rings is 2. The van der Waals surface area contributed by atoms with Gasteiger partial charge in [0.05, 0.1) is 4.90 Å². The molecule has 0 fully saturated rings. The number of sulfonamides is 1. The third-order valence-electron chi connectivity index (χ3n) is 3.45. The van der Waals surface area contributed by atoms with Crippen LogP contribution in [-0.2, 0) is 16.4 Å². The van der Waals surface area contributed by atoms with Gasteiger partial charge < -0.3 is 5.11 Å². The topological polar surface area (TPSA) is 83.5 Å². The van der Waals surface area contributed by atoms with E-state index in [2.05, 4.69) is 4.72 Å². The molecule has 21 heavy (non-hydrogen) atoms. The zero-order chi connectivity index (χ0) is 15.0. The normalized spacial score (nSPS) is 18.4. The molecule has 0 amide bonds. The Morgan fingerprint density at radius 2 is 2.19 bits per heavy atom. The van der Waals surface area contributed by atoms with Crippen LogP contribution in [0.3, 0.4) is 0 Å². The van der Waals surface area contributed by atoms with Crippen LogP contribution in [0.15, 0.2) is 27.8 Å². The molecule has 0 aromatic carbocycles.